The Morgan fingerprint density at radius 3 is 1.75 bits per heavy atom. The molecule has 0 aliphatic heterocycles. The molecule has 0 N–H and O–H groups in total. The van der Waals surface area contributed by atoms with Crippen molar-refractivity contribution in [1.82, 2.24) is 0 Å². The molecule has 4 nitrogen and oxygen atoms in total. The highest BCUT2D eigenvalue weighted by Crippen LogP contribution is 2.30. The van der Waals surface area contributed by atoms with Crippen molar-refractivity contribution in [3.05, 3.63) is 119 Å². The largest absolute Gasteiger partial charge is 0.423 e. The Balaban J connectivity index is 1.70. The van der Waals surface area contributed by atoms with Gasteiger partial charge in [0.15, 0.2) is 0 Å². The Morgan fingerprint density at radius 1 is 0.806 bits per heavy atom. The van der Waals surface area contributed by atoms with Crippen molar-refractivity contribution >= 4 is 11.9 Å². The third kappa shape index (κ3) is 7.28. The van der Waals surface area contributed by atoms with Crippen LogP contribution >= 0.6 is 0 Å². The molecule has 0 aliphatic carbocycles. The predicted molar refractivity (Wildman–Crippen MR) is 133 cm³/mol. The Kier molecular flexibility index (Phi) is 8.54. The van der Waals surface area contributed by atoms with Crippen molar-refractivity contribution < 1.29 is 27.8 Å². The average Bonchev–Trinajstić information content (AvgIpc) is 2.88. The van der Waals surface area contributed by atoms with Crippen LogP contribution in [-0.2, 0) is 9.59 Å². The van der Waals surface area contributed by atoms with Crippen LogP contribution in [0, 0.1) is 23.7 Å². The predicted octanol–water partition coefficient (Wildman–Crippen LogP) is 6.00. The van der Waals surface area contributed by atoms with E-state index in [1.54, 1.807) is 48.5 Å². The van der Waals surface area contributed by atoms with Crippen LogP contribution in [0.4, 0.5) is 8.78 Å². The normalized spacial score (nSPS) is 9.78. The molecule has 3 aromatic rings. The van der Waals surface area contributed by atoms with Crippen LogP contribution in [0.15, 0.2) is 91.5 Å². The first-order chi connectivity index (χ1) is 17.2. The van der Waals surface area contributed by atoms with Crippen molar-refractivity contribution in [3.63, 3.8) is 0 Å². The second-order valence-corrected chi connectivity index (χ2v) is 7.45. The molecule has 0 saturated carbocycles. The fourth-order valence-corrected chi connectivity index (χ4v) is 2.77. The minimum atomic E-state index is -2.84. The van der Waals surface area contributed by atoms with Crippen LogP contribution in [0.2, 0.25) is 0 Å². The maximum atomic E-state index is 13.4. The molecule has 0 saturated heterocycles. The van der Waals surface area contributed by atoms with E-state index in [1.807, 2.05) is 0 Å². The second-order valence-electron chi connectivity index (χ2n) is 7.45. The Morgan fingerprint density at radius 2 is 1.28 bits per heavy atom. The Bertz CT molecular complexity index is 1430. The van der Waals surface area contributed by atoms with Gasteiger partial charge < -0.3 is 9.47 Å². The van der Waals surface area contributed by atoms with Gasteiger partial charge in [-0.15, -0.1) is 0 Å². The molecule has 0 bridgehead atoms. The first-order valence-corrected chi connectivity index (χ1v) is 10.6. The van der Waals surface area contributed by atoms with Gasteiger partial charge in [0, 0.05) is 33.9 Å². The van der Waals surface area contributed by atoms with E-state index in [9.17, 15) is 18.4 Å². The van der Waals surface area contributed by atoms with Gasteiger partial charge in [0.1, 0.15) is 11.5 Å². The summed E-state index contributed by atoms with van der Waals surface area (Å²) in [6, 6.07) is 17.9. The third-order valence-electron chi connectivity index (χ3n) is 4.62. The number of alkyl halides is 2. The zero-order valence-electron chi connectivity index (χ0n) is 19.3. The molecular formula is C30H20F2O4. The van der Waals surface area contributed by atoms with E-state index in [1.165, 1.54) is 25.1 Å². The van der Waals surface area contributed by atoms with Crippen LogP contribution in [-0.4, -0.2) is 11.9 Å². The molecule has 0 heterocycles. The van der Waals surface area contributed by atoms with Crippen LogP contribution in [0.1, 0.15) is 41.2 Å². The fraction of sp³-hybridized carbons (Fsp3) is 0.0667. The number of halogens is 2. The maximum Gasteiger partial charge on any atom is 0.338 e. The smallest absolute Gasteiger partial charge is 0.338 e. The van der Waals surface area contributed by atoms with Crippen LogP contribution in [0.25, 0.3) is 0 Å². The van der Waals surface area contributed by atoms with Gasteiger partial charge in [-0.2, -0.15) is 0 Å². The van der Waals surface area contributed by atoms with Gasteiger partial charge in [-0.05, 0) is 73.7 Å². The molecule has 0 amide bonds. The lowest BCUT2D eigenvalue weighted by molar-refractivity contribution is -0.130. The van der Waals surface area contributed by atoms with E-state index in [-0.39, 0.29) is 11.3 Å². The molecule has 0 atom stereocenters. The molecular weight excluding hydrogens is 462 g/mol. The molecule has 0 fully saturated rings. The molecule has 0 spiro atoms. The van der Waals surface area contributed by atoms with Gasteiger partial charge in [0.2, 0.25) is 0 Å². The molecule has 3 rings (SSSR count). The second kappa shape index (κ2) is 12.0. The lowest BCUT2D eigenvalue weighted by Gasteiger charge is -2.09. The average molecular weight is 482 g/mol. The van der Waals surface area contributed by atoms with Crippen molar-refractivity contribution in [2.45, 2.75) is 13.3 Å². The summed E-state index contributed by atoms with van der Waals surface area (Å²) in [6.07, 6.45) is -1.75. The van der Waals surface area contributed by atoms with Crippen molar-refractivity contribution in [2.24, 2.45) is 0 Å². The summed E-state index contributed by atoms with van der Waals surface area (Å²) in [5.41, 5.74) is 2.21. The lowest BCUT2D eigenvalue weighted by atomic mass is 10.1. The zero-order valence-corrected chi connectivity index (χ0v) is 19.3. The molecule has 36 heavy (non-hydrogen) atoms. The highest BCUT2D eigenvalue weighted by Gasteiger charge is 2.17. The molecule has 0 aromatic heterocycles. The zero-order chi connectivity index (χ0) is 26.1. The topological polar surface area (TPSA) is 52.6 Å². The quantitative estimate of drug-likeness (QED) is 0.194. The van der Waals surface area contributed by atoms with E-state index >= 15 is 0 Å². The van der Waals surface area contributed by atoms with E-state index in [0.717, 1.165) is 17.2 Å². The van der Waals surface area contributed by atoms with Gasteiger partial charge in [0.25, 0.3) is 6.43 Å². The summed E-state index contributed by atoms with van der Waals surface area (Å²) in [6.45, 7) is 8.22. The number of hydrogen-bond acceptors (Lipinski definition) is 4. The van der Waals surface area contributed by atoms with Gasteiger partial charge in [-0.25, -0.2) is 18.4 Å². The molecule has 178 valence electrons. The maximum absolute atomic E-state index is 13.4. The number of carbonyl (C=O) groups excluding carboxylic acids is 2. The summed E-state index contributed by atoms with van der Waals surface area (Å²) in [5, 5.41) is 0. The summed E-state index contributed by atoms with van der Waals surface area (Å²) in [4.78, 5) is 22.9. The summed E-state index contributed by atoms with van der Waals surface area (Å²) >= 11 is 0. The van der Waals surface area contributed by atoms with Crippen molar-refractivity contribution in [1.29, 1.82) is 0 Å². The van der Waals surface area contributed by atoms with E-state index in [0.29, 0.717) is 16.9 Å². The van der Waals surface area contributed by atoms with E-state index in [2.05, 4.69) is 36.8 Å². The number of carbonyl (C=O) groups is 2. The van der Waals surface area contributed by atoms with E-state index in [4.69, 9.17) is 9.47 Å². The fourth-order valence-electron chi connectivity index (χ4n) is 2.77. The molecule has 0 aliphatic rings. The molecule has 0 radical (unpaired) electrons. The molecule has 0 unspecified atom stereocenters. The monoisotopic (exact) mass is 482 g/mol. The number of hydrogen-bond donors (Lipinski definition) is 0. The Hall–Kier alpha value is -4.94. The minimum Gasteiger partial charge on any atom is -0.423 e. The van der Waals surface area contributed by atoms with Gasteiger partial charge in [-0.3, -0.25) is 0 Å². The van der Waals surface area contributed by atoms with Crippen molar-refractivity contribution in [3.8, 4) is 35.2 Å². The molecule has 3 aromatic carbocycles. The highest BCUT2D eigenvalue weighted by atomic mass is 19.3. The van der Waals surface area contributed by atoms with Crippen LogP contribution < -0.4 is 9.47 Å². The number of benzene rings is 3. The first kappa shape index (κ1) is 25.7. The van der Waals surface area contributed by atoms with Crippen LogP contribution in [0.5, 0.6) is 11.5 Å². The van der Waals surface area contributed by atoms with Crippen LogP contribution in [0.3, 0.4) is 0 Å². The highest BCUT2D eigenvalue weighted by molar-refractivity contribution is 5.89. The lowest BCUT2D eigenvalue weighted by Crippen LogP contribution is -2.10. The summed E-state index contributed by atoms with van der Waals surface area (Å²) < 4.78 is 36.9. The standard InChI is InChI=1S/C30H20F2O4/c1-4-28(33)35-25-16-13-23(14-17-25)10-9-21-5-7-22(8-6-21)11-12-24-15-18-27(26(19-24)29(31)32)36-30(34)20(2)3/h4-8,13-19,29H,1-2H2,3H3. The number of rotatable bonds is 5. The van der Waals surface area contributed by atoms with Crippen molar-refractivity contribution in [2.75, 3.05) is 0 Å². The van der Waals surface area contributed by atoms with E-state index < -0.39 is 23.9 Å². The Labute approximate surface area is 207 Å². The third-order valence-corrected chi connectivity index (χ3v) is 4.62. The van der Waals surface area contributed by atoms with Gasteiger partial charge in [-0.1, -0.05) is 36.8 Å². The van der Waals surface area contributed by atoms with Gasteiger partial charge >= 0.3 is 11.9 Å². The SMILES string of the molecule is C=CC(=O)Oc1ccc(C#Cc2ccc(C#Cc3ccc(OC(=O)C(=C)C)c(C(F)F)c3)cc2)cc1. The van der Waals surface area contributed by atoms with Gasteiger partial charge in [0.05, 0.1) is 5.56 Å². The molecule has 6 heteroatoms. The first-order valence-electron chi connectivity index (χ1n) is 10.6. The number of ether oxygens (including phenoxy) is 2. The minimum absolute atomic E-state index is 0.108. The summed E-state index contributed by atoms with van der Waals surface area (Å²) in [7, 11) is 0. The number of esters is 2. The summed E-state index contributed by atoms with van der Waals surface area (Å²) in [5.74, 6) is 10.7.